The van der Waals surface area contributed by atoms with Crippen LogP contribution in [-0.2, 0) is 0 Å². The zero-order chi connectivity index (χ0) is 12.3. The van der Waals surface area contributed by atoms with Crippen molar-refractivity contribution in [1.82, 2.24) is 5.73 Å². The van der Waals surface area contributed by atoms with E-state index in [1.54, 1.807) is 12.1 Å². The first kappa shape index (κ1) is 11.7. The zero-order valence-electron chi connectivity index (χ0n) is 9.74. The lowest BCUT2D eigenvalue weighted by Crippen LogP contribution is -2.09. The molecule has 0 aliphatic carbocycles. The standard InChI is InChI=1S/C14H15FNO/c1-10(8-15)9-17-14-5-3-11-2-4-13(16)6-12(11)7-14/h2-7,10,16H,8-9H2,1H3. The molecule has 0 aliphatic rings. The fourth-order valence-corrected chi connectivity index (χ4v) is 1.60. The number of nitrogens with one attached hydrogen (secondary N) is 1. The number of benzene rings is 2. The monoisotopic (exact) mass is 232 g/mol. The molecule has 3 heteroatoms. The topological polar surface area (TPSA) is 33.0 Å². The van der Waals surface area contributed by atoms with Crippen molar-refractivity contribution in [3.63, 3.8) is 0 Å². The first-order valence-corrected chi connectivity index (χ1v) is 5.63. The van der Waals surface area contributed by atoms with Gasteiger partial charge in [-0.1, -0.05) is 19.1 Å². The molecule has 2 nitrogen and oxygen atoms in total. The highest BCUT2D eigenvalue weighted by molar-refractivity contribution is 5.86. The van der Waals surface area contributed by atoms with Crippen LogP contribution in [0.2, 0.25) is 0 Å². The maximum absolute atomic E-state index is 12.3. The molecule has 1 radical (unpaired) electrons. The quantitative estimate of drug-likeness (QED) is 0.790. The van der Waals surface area contributed by atoms with Gasteiger partial charge < -0.3 is 10.5 Å². The van der Waals surface area contributed by atoms with Gasteiger partial charge in [-0.15, -0.1) is 0 Å². The lowest BCUT2D eigenvalue weighted by atomic mass is 10.1. The number of rotatable bonds is 4. The van der Waals surface area contributed by atoms with Crippen molar-refractivity contribution in [3.05, 3.63) is 36.4 Å². The van der Waals surface area contributed by atoms with Crippen molar-refractivity contribution in [2.24, 2.45) is 5.92 Å². The van der Waals surface area contributed by atoms with E-state index in [1.807, 2.05) is 31.2 Å². The van der Waals surface area contributed by atoms with Gasteiger partial charge in [0.25, 0.3) is 0 Å². The van der Waals surface area contributed by atoms with Crippen LogP contribution in [0.1, 0.15) is 6.92 Å². The van der Waals surface area contributed by atoms with Gasteiger partial charge in [-0.2, -0.15) is 0 Å². The van der Waals surface area contributed by atoms with Crippen LogP contribution in [0, 0.1) is 5.92 Å². The Hall–Kier alpha value is -1.77. The van der Waals surface area contributed by atoms with Gasteiger partial charge in [0.15, 0.2) is 0 Å². The summed E-state index contributed by atoms with van der Waals surface area (Å²) in [6.45, 7) is 1.82. The van der Waals surface area contributed by atoms with Crippen molar-refractivity contribution >= 4 is 16.5 Å². The van der Waals surface area contributed by atoms with Crippen LogP contribution in [0.15, 0.2) is 36.4 Å². The van der Waals surface area contributed by atoms with E-state index in [0.29, 0.717) is 12.3 Å². The van der Waals surface area contributed by atoms with Crippen LogP contribution in [0.5, 0.6) is 5.75 Å². The predicted octanol–water partition coefficient (Wildman–Crippen LogP) is 3.74. The third-order valence-corrected chi connectivity index (χ3v) is 2.61. The van der Waals surface area contributed by atoms with Crippen molar-refractivity contribution in [2.75, 3.05) is 13.3 Å². The van der Waals surface area contributed by atoms with E-state index in [9.17, 15) is 4.39 Å². The van der Waals surface area contributed by atoms with Gasteiger partial charge in [0.2, 0.25) is 0 Å². The first-order chi connectivity index (χ1) is 8.19. The zero-order valence-corrected chi connectivity index (χ0v) is 9.74. The second-order valence-corrected chi connectivity index (χ2v) is 4.29. The molecule has 17 heavy (non-hydrogen) atoms. The maximum Gasteiger partial charge on any atom is 0.119 e. The minimum atomic E-state index is -0.371. The van der Waals surface area contributed by atoms with Crippen molar-refractivity contribution in [2.45, 2.75) is 6.92 Å². The van der Waals surface area contributed by atoms with Crippen LogP contribution in [0.25, 0.3) is 10.8 Å². The smallest absolute Gasteiger partial charge is 0.119 e. The van der Waals surface area contributed by atoms with Crippen LogP contribution in [0.4, 0.5) is 10.1 Å². The molecular formula is C14H15FNO. The van der Waals surface area contributed by atoms with Gasteiger partial charge in [-0.25, -0.2) is 0 Å². The normalized spacial score (nSPS) is 12.6. The molecule has 0 saturated heterocycles. The van der Waals surface area contributed by atoms with E-state index in [4.69, 9.17) is 10.5 Å². The molecule has 89 valence electrons. The summed E-state index contributed by atoms with van der Waals surface area (Å²) in [5.41, 5.74) is 8.04. The lowest BCUT2D eigenvalue weighted by Gasteiger charge is -2.10. The van der Waals surface area contributed by atoms with E-state index < -0.39 is 0 Å². The molecule has 0 heterocycles. The summed E-state index contributed by atoms with van der Waals surface area (Å²) in [6, 6.07) is 11.2. The highest BCUT2D eigenvalue weighted by Crippen LogP contribution is 2.23. The molecule has 1 atom stereocenters. The fourth-order valence-electron chi connectivity index (χ4n) is 1.60. The maximum atomic E-state index is 12.3. The number of ether oxygens (including phenoxy) is 1. The average molecular weight is 232 g/mol. The number of hydrogen-bond acceptors (Lipinski definition) is 1. The molecule has 1 unspecified atom stereocenters. The van der Waals surface area contributed by atoms with Gasteiger partial charge in [-0.05, 0) is 35.0 Å². The van der Waals surface area contributed by atoms with E-state index in [1.165, 1.54) is 0 Å². The Morgan fingerprint density at radius 1 is 1.18 bits per heavy atom. The summed E-state index contributed by atoms with van der Waals surface area (Å²) in [7, 11) is 0. The first-order valence-electron chi connectivity index (χ1n) is 5.63. The number of alkyl halides is 1. The molecule has 0 saturated carbocycles. The van der Waals surface area contributed by atoms with Gasteiger partial charge in [0.05, 0.1) is 19.0 Å². The summed E-state index contributed by atoms with van der Waals surface area (Å²) in [5, 5.41) is 2.05. The molecular weight excluding hydrogens is 217 g/mol. The number of fused-ring (bicyclic) bond motifs is 1. The minimum Gasteiger partial charge on any atom is -0.493 e. The molecule has 0 bridgehead atoms. The van der Waals surface area contributed by atoms with E-state index in [2.05, 4.69) is 0 Å². The van der Waals surface area contributed by atoms with Gasteiger partial charge in [0.1, 0.15) is 5.75 Å². The van der Waals surface area contributed by atoms with Crippen molar-refractivity contribution < 1.29 is 9.13 Å². The van der Waals surface area contributed by atoms with Crippen LogP contribution >= 0.6 is 0 Å². The van der Waals surface area contributed by atoms with E-state index >= 15 is 0 Å². The molecule has 0 aromatic heterocycles. The average Bonchev–Trinajstić information content (AvgIpc) is 2.35. The summed E-state index contributed by atoms with van der Waals surface area (Å²) in [5.74, 6) is 0.636. The van der Waals surface area contributed by atoms with Crippen molar-refractivity contribution in [3.8, 4) is 5.75 Å². The Kier molecular flexibility index (Phi) is 3.47. The Balaban J connectivity index is 2.19. The van der Waals surface area contributed by atoms with E-state index in [0.717, 1.165) is 16.5 Å². The van der Waals surface area contributed by atoms with E-state index in [-0.39, 0.29) is 12.6 Å². The third-order valence-electron chi connectivity index (χ3n) is 2.61. The van der Waals surface area contributed by atoms with Crippen LogP contribution in [0.3, 0.4) is 0 Å². The molecule has 0 amide bonds. The van der Waals surface area contributed by atoms with Gasteiger partial charge in [-0.3, -0.25) is 4.39 Å². The van der Waals surface area contributed by atoms with Gasteiger partial charge >= 0.3 is 0 Å². The van der Waals surface area contributed by atoms with Crippen LogP contribution < -0.4 is 10.5 Å². The molecule has 2 aromatic carbocycles. The highest BCUT2D eigenvalue weighted by Gasteiger charge is 2.03. The molecule has 0 fully saturated rings. The summed E-state index contributed by atoms with van der Waals surface area (Å²) < 4.78 is 17.8. The highest BCUT2D eigenvalue weighted by atomic mass is 19.1. The second kappa shape index (κ2) is 5.04. The largest absolute Gasteiger partial charge is 0.493 e. The minimum absolute atomic E-state index is 0.0896. The molecule has 0 spiro atoms. The van der Waals surface area contributed by atoms with Crippen molar-refractivity contribution in [1.29, 1.82) is 0 Å². The number of hydrogen-bond donors (Lipinski definition) is 0. The molecule has 0 aliphatic heterocycles. The third kappa shape index (κ3) is 2.87. The fraction of sp³-hybridized carbons (Fsp3) is 0.286. The molecule has 1 N–H and O–H groups in total. The summed E-state index contributed by atoms with van der Waals surface area (Å²) in [4.78, 5) is 0. The Morgan fingerprint density at radius 2 is 1.94 bits per heavy atom. The second-order valence-electron chi connectivity index (χ2n) is 4.29. The predicted molar refractivity (Wildman–Crippen MR) is 67.3 cm³/mol. The Morgan fingerprint density at radius 3 is 2.71 bits per heavy atom. The summed E-state index contributed by atoms with van der Waals surface area (Å²) >= 11 is 0. The van der Waals surface area contributed by atoms with Crippen LogP contribution in [-0.4, -0.2) is 13.3 Å². The Labute approximate surface area is 100 Å². The number of halogens is 1. The summed E-state index contributed by atoms with van der Waals surface area (Å²) in [6.07, 6.45) is 0. The SMILES string of the molecule is CC(CF)COc1ccc2ccc([NH])cc2c1. The lowest BCUT2D eigenvalue weighted by molar-refractivity contribution is 0.229. The van der Waals surface area contributed by atoms with Gasteiger partial charge in [0, 0.05) is 5.92 Å². The molecule has 2 aromatic rings. The molecule has 2 rings (SSSR count). The Bertz CT molecular complexity index is 513.